The van der Waals surface area contributed by atoms with Gasteiger partial charge in [0.15, 0.2) is 0 Å². The second kappa shape index (κ2) is 7.22. The first-order valence-corrected chi connectivity index (χ1v) is 7.09. The summed E-state index contributed by atoms with van der Waals surface area (Å²) in [6.07, 6.45) is 0.113. The third-order valence-electron chi connectivity index (χ3n) is 3.26. The first-order valence-electron chi connectivity index (χ1n) is 7.09. The molecule has 0 saturated heterocycles. The van der Waals surface area contributed by atoms with Crippen LogP contribution in [0.1, 0.15) is 32.8 Å². The number of urea groups is 1. The minimum absolute atomic E-state index is 0.0738. The number of nitro groups is 1. The molecule has 1 unspecified atom stereocenters. The van der Waals surface area contributed by atoms with Crippen LogP contribution in [-0.4, -0.2) is 28.7 Å². The fourth-order valence-corrected chi connectivity index (χ4v) is 2.22. The Balaban J connectivity index is 2.66. The van der Waals surface area contributed by atoms with Gasteiger partial charge in [-0.1, -0.05) is 19.9 Å². The molecule has 0 bridgehead atoms. The first-order chi connectivity index (χ1) is 10.1. The zero-order chi connectivity index (χ0) is 16.9. The van der Waals surface area contributed by atoms with E-state index in [0.717, 1.165) is 5.56 Å². The van der Waals surface area contributed by atoms with E-state index in [4.69, 9.17) is 0 Å². The number of nitrogens with one attached hydrogen (secondary N) is 2. The number of aliphatic hydroxyl groups excluding tert-OH is 1. The van der Waals surface area contributed by atoms with Gasteiger partial charge in [-0.15, -0.1) is 0 Å². The molecule has 7 heteroatoms. The number of carbonyl (C=O) groups is 1. The van der Waals surface area contributed by atoms with Crippen LogP contribution >= 0.6 is 0 Å². The van der Waals surface area contributed by atoms with Gasteiger partial charge in [0.1, 0.15) is 0 Å². The van der Waals surface area contributed by atoms with E-state index in [1.807, 2.05) is 13.8 Å². The molecule has 0 fully saturated rings. The summed E-state index contributed by atoms with van der Waals surface area (Å²) in [7, 11) is 0. The molecule has 22 heavy (non-hydrogen) atoms. The maximum Gasteiger partial charge on any atom is 0.319 e. The van der Waals surface area contributed by atoms with E-state index in [-0.39, 0.29) is 11.1 Å². The number of hydrogen-bond acceptors (Lipinski definition) is 4. The number of anilines is 1. The number of non-ortho nitro benzene ring substituents is 1. The Hall–Kier alpha value is -2.15. The number of hydrogen-bond donors (Lipinski definition) is 3. The molecular weight excluding hydrogens is 286 g/mol. The van der Waals surface area contributed by atoms with E-state index >= 15 is 0 Å². The Morgan fingerprint density at radius 1 is 1.45 bits per heavy atom. The lowest BCUT2D eigenvalue weighted by molar-refractivity contribution is -0.384. The minimum atomic E-state index is -0.506. The van der Waals surface area contributed by atoms with Gasteiger partial charge >= 0.3 is 6.03 Å². The molecule has 0 aliphatic rings. The molecule has 0 spiro atoms. The molecule has 1 aromatic rings. The molecule has 1 atom stereocenters. The Kier molecular flexibility index (Phi) is 5.87. The van der Waals surface area contributed by atoms with Crippen molar-refractivity contribution in [3.63, 3.8) is 0 Å². The van der Waals surface area contributed by atoms with E-state index in [9.17, 15) is 20.0 Å². The van der Waals surface area contributed by atoms with Crippen LogP contribution in [0.3, 0.4) is 0 Å². The average Bonchev–Trinajstić information content (AvgIpc) is 2.37. The maximum absolute atomic E-state index is 11.9. The second-order valence-corrected chi connectivity index (χ2v) is 6.28. The molecular formula is C15H23N3O4. The number of nitrogens with zero attached hydrogens (tertiary/aromatic N) is 1. The SMILES string of the molecule is Cc1ccc([N+](=O)[O-])cc1NC(=O)NCC(C)(C)CC(C)O. The summed E-state index contributed by atoms with van der Waals surface area (Å²) in [4.78, 5) is 22.2. The molecule has 0 radical (unpaired) electrons. The number of carbonyl (C=O) groups excluding carboxylic acids is 1. The molecule has 7 nitrogen and oxygen atoms in total. The number of rotatable bonds is 6. The Morgan fingerprint density at radius 3 is 2.64 bits per heavy atom. The number of nitro benzene ring substituents is 1. The standard InChI is InChI=1S/C15H23N3O4/c1-10-5-6-12(18(21)22)7-13(10)17-14(20)16-9-15(3,4)8-11(2)19/h5-7,11,19H,8-9H2,1-4H3,(H2,16,17,20). The normalized spacial score (nSPS) is 12.6. The van der Waals surface area contributed by atoms with Crippen LogP contribution in [0.5, 0.6) is 0 Å². The zero-order valence-electron chi connectivity index (χ0n) is 13.3. The van der Waals surface area contributed by atoms with Crippen molar-refractivity contribution in [3.05, 3.63) is 33.9 Å². The molecule has 1 rings (SSSR count). The molecule has 122 valence electrons. The summed E-state index contributed by atoms with van der Waals surface area (Å²) in [6, 6.07) is 3.88. The smallest absolute Gasteiger partial charge is 0.319 e. The summed E-state index contributed by atoms with van der Waals surface area (Å²) in [5.74, 6) is 0. The molecule has 0 heterocycles. The quantitative estimate of drug-likeness (QED) is 0.555. The van der Waals surface area contributed by atoms with Crippen LogP contribution in [0.4, 0.5) is 16.2 Å². The van der Waals surface area contributed by atoms with Gasteiger partial charge in [0.2, 0.25) is 0 Å². The summed E-state index contributed by atoms with van der Waals surface area (Å²) in [5, 5.41) is 25.5. The van der Waals surface area contributed by atoms with Gasteiger partial charge in [0, 0.05) is 18.7 Å². The fraction of sp³-hybridized carbons (Fsp3) is 0.533. The van der Waals surface area contributed by atoms with Crippen LogP contribution in [0.2, 0.25) is 0 Å². The third kappa shape index (κ3) is 5.69. The van der Waals surface area contributed by atoms with E-state index in [2.05, 4.69) is 10.6 Å². The van der Waals surface area contributed by atoms with Crippen molar-refractivity contribution in [2.75, 3.05) is 11.9 Å². The summed E-state index contributed by atoms with van der Waals surface area (Å²) in [5.41, 5.74) is 0.822. The van der Waals surface area contributed by atoms with Crippen molar-refractivity contribution >= 4 is 17.4 Å². The molecule has 2 amide bonds. The molecule has 0 saturated carbocycles. The van der Waals surface area contributed by atoms with Crippen molar-refractivity contribution in [2.24, 2.45) is 5.41 Å². The number of aliphatic hydroxyl groups is 1. The predicted molar refractivity (Wildman–Crippen MR) is 84.9 cm³/mol. The van der Waals surface area contributed by atoms with Gasteiger partial charge in [0.25, 0.3) is 5.69 Å². The largest absolute Gasteiger partial charge is 0.393 e. The van der Waals surface area contributed by atoms with Gasteiger partial charge in [-0.2, -0.15) is 0 Å². The zero-order valence-corrected chi connectivity index (χ0v) is 13.3. The highest BCUT2D eigenvalue weighted by molar-refractivity contribution is 5.90. The lowest BCUT2D eigenvalue weighted by atomic mass is 9.87. The highest BCUT2D eigenvalue weighted by atomic mass is 16.6. The average molecular weight is 309 g/mol. The molecule has 0 aromatic heterocycles. The number of benzene rings is 1. The number of aryl methyl sites for hydroxylation is 1. The van der Waals surface area contributed by atoms with Crippen molar-refractivity contribution in [2.45, 2.75) is 40.2 Å². The monoisotopic (exact) mass is 309 g/mol. The van der Waals surface area contributed by atoms with Crippen LogP contribution < -0.4 is 10.6 Å². The van der Waals surface area contributed by atoms with Gasteiger partial charge in [-0.05, 0) is 31.2 Å². The van der Waals surface area contributed by atoms with Crippen molar-refractivity contribution in [1.29, 1.82) is 0 Å². The third-order valence-corrected chi connectivity index (χ3v) is 3.26. The van der Waals surface area contributed by atoms with E-state index < -0.39 is 17.1 Å². The molecule has 3 N–H and O–H groups in total. The van der Waals surface area contributed by atoms with E-state index in [0.29, 0.717) is 18.7 Å². The maximum atomic E-state index is 11.9. The molecule has 0 aliphatic carbocycles. The van der Waals surface area contributed by atoms with Gasteiger partial charge < -0.3 is 15.7 Å². The van der Waals surface area contributed by atoms with Crippen molar-refractivity contribution in [3.8, 4) is 0 Å². The van der Waals surface area contributed by atoms with Crippen molar-refractivity contribution in [1.82, 2.24) is 5.32 Å². The van der Waals surface area contributed by atoms with E-state index in [1.54, 1.807) is 19.9 Å². The summed E-state index contributed by atoms with van der Waals surface area (Å²) >= 11 is 0. The second-order valence-electron chi connectivity index (χ2n) is 6.28. The minimum Gasteiger partial charge on any atom is -0.393 e. The molecule has 1 aromatic carbocycles. The van der Waals surface area contributed by atoms with Crippen LogP contribution in [-0.2, 0) is 0 Å². The van der Waals surface area contributed by atoms with Gasteiger partial charge in [-0.3, -0.25) is 10.1 Å². The summed E-state index contributed by atoms with van der Waals surface area (Å²) in [6.45, 7) is 7.74. The summed E-state index contributed by atoms with van der Waals surface area (Å²) < 4.78 is 0. The van der Waals surface area contributed by atoms with Crippen LogP contribution in [0, 0.1) is 22.5 Å². The Morgan fingerprint density at radius 2 is 2.09 bits per heavy atom. The number of amides is 2. The highest BCUT2D eigenvalue weighted by Crippen LogP contribution is 2.23. The Bertz CT molecular complexity index is 556. The Labute approximate surface area is 129 Å². The van der Waals surface area contributed by atoms with E-state index in [1.165, 1.54) is 12.1 Å². The van der Waals surface area contributed by atoms with Crippen molar-refractivity contribution < 1.29 is 14.8 Å². The predicted octanol–water partition coefficient (Wildman–Crippen LogP) is 2.82. The molecule has 0 aliphatic heterocycles. The fourth-order valence-electron chi connectivity index (χ4n) is 2.22. The van der Waals surface area contributed by atoms with Crippen LogP contribution in [0.15, 0.2) is 18.2 Å². The van der Waals surface area contributed by atoms with Crippen LogP contribution in [0.25, 0.3) is 0 Å². The lowest BCUT2D eigenvalue weighted by Gasteiger charge is -2.26. The van der Waals surface area contributed by atoms with Gasteiger partial charge in [0.05, 0.1) is 16.7 Å². The topological polar surface area (TPSA) is 105 Å². The van der Waals surface area contributed by atoms with Gasteiger partial charge in [-0.25, -0.2) is 4.79 Å². The first kappa shape index (κ1) is 17.9. The highest BCUT2D eigenvalue weighted by Gasteiger charge is 2.21. The lowest BCUT2D eigenvalue weighted by Crippen LogP contribution is -2.38.